The van der Waals surface area contributed by atoms with Crippen LogP contribution < -0.4 is 10.6 Å². The van der Waals surface area contributed by atoms with Crippen LogP contribution in [0.3, 0.4) is 0 Å². The van der Waals surface area contributed by atoms with E-state index >= 15 is 0 Å². The molecule has 0 aromatic heterocycles. The van der Waals surface area contributed by atoms with Gasteiger partial charge in [0.15, 0.2) is 0 Å². The molecule has 2 N–H and O–H groups in total. The van der Waals surface area contributed by atoms with Gasteiger partial charge in [0, 0.05) is 18.7 Å². The van der Waals surface area contributed by atoms with Crippen molar-refractivity contribution in [3.05, 3.63) is 29.3 Å². The summed E-state index contributed by atoms with van der Waals surface area (Å²) in [5.41, 5.74) is 9.26. The first kappa shape index (κ1) is 13.1. The maximum absolute atomic E-state index is 12.3. The average Bonchev–Trinajstić information content (AvgIpc) is 2.37. The van der Waals surface area contributed by atoms with Crippen molar-refractivity contribution in [2.75, 3.05) is 18.0 Å². The van der Waals surface area contributed by atoms with Crippen molar-refractivity contribution < 1.29 is 4.79 Å². The topological polar surface area (TPSA) is 46.3 Å². The zero-order valence-electron chi connectivity index (χ0n) is 11.3. The molecule has 1 aliphatic heterocycles. The molecule has 1 aromatic rings. The molecule has 1 amide bonds. The minimum atomic E-state index is 0.206. The van der Waals surface area contributed by atoms with Crippen molar-refractivity contribution in [1.82, 2.24) is 0 Å². The molecule has 98 valence electrons. The predicted molar refractivity (Wildman–Crippen MR) is 74.7 cm³/mol. The second kappa shape index (κ2) is 5.53. The zero-order valence-corrected chi connectivity index (χ0v) is 11.3. The van der Waals surface area contributed by atoms with Crippen LogP contribution in [0.4, 0.5) is 5.69 Å². The molecule has 1 heterocycles. The Morgan fingerprint density at radius 2 is 2.28 bits per heavy atom. The molecular formula is C15H22N2O. The van der Waals surface area contributed by atoms with E-state index in [0.29, 0.717) is 13.0 Å². The highest BCUT2D eigenvalue weighted by Gasteiger charge is 2.23. The summed E-state index contributed by atoms with van der Waals surface area (Å²) >= 11 is 0. The van der Waals surface area contributed by atoms with Crippen LogP contribution in [-0.4, -0.2) is 19.0 Å². The Morgan fingerprint density at radius 1 is 1.50 bits per heavy atom. The Bertz CT molecular complexity index is 442. The zero-order chi connectivity index (χ0) is 13.1. The van der Waals surface area contributed by atoms with Crippen LogP contribution in [0.5, 0.6) is 0 Å². The van der Waals surface area contributed by atoms with E-state index < -0.39 is 0 Å². The van der Waals surface area contributed by atoms with Gasteiger partial charge in [0.1, 0.15) is 0 Å². The quantitative estimate of drug-likeness (QED) is 0.889. The monoisotopic (exact) mass is 246 g/mol. The molecule has 1 unspecified atom stereocenters. The lowest BCUT2D eigenvalue weighted by Gasteiger charge is -2.30. The van der Waals surface area contributed by atoms with E-state index in [1.54, 1.807) is 0 Å². The minimum absolute atomic E-state index is 0.206. The summed E-state index contributed by atoms with van der Waals surface area (Å²) in [5, 5.41) is 0. The highest BCUT2D eigenvalue weighted by molar-refractivity contribution is 5.94. The number of amides is 1. The third-order valence-corrected chi connectivity index (χ3v) is 3.58. The first-order valence-electron chi connectivity index (χ1n) is 6.71. The molecule has 0 radical (unpaired) electrons. The molecule has 0 spiro atoms. The summed E-state index contributed by atoms with van der Waals surface area (Å²) in [5.74, 6) is 0.464. The molecule has 3 nitrogen and oxygen atoms in total. The average molecular weight is 246 g/mol. The highest BCUT2D eigenvalue weighted by Crippen LogP contribution is 2.28. The first-order chi connectivity index (χ1) is 8.61. The van der Waals surface area contributed by atoms with Crippen LogP contribution in [0.15, 0.2) is 18.2 Å². The second-order valence-corrected chi connectivity index (χ2v) is 5.33. The molecule has 1 aromatic carbocycles. The van der Waals surface area contributed by atoms with Gasteiger partial charge >= 0.3 is 0 Å². The number of nitrogens with two attached hydrogens (primary N) is 1. The smallest absolute Gasteiger partial charge is 0.227 e. The van der Waals surface area contributed by atoms with Gasteiger partial charge in [0.05, 0.1) is 0 Å². The lowest BCUT2D eigenvalue weighted by atomic mass is 9.98. The second-order valence-electron chi connectivity index (χ2n) is 5.33. The van der Waals surface area contributed by atoms with Gasteiger partial charge in [-0.25, -0.2) is 0 Å². The Labute approximate surface area is 109 Å². The number of nitrogens with zero attached hydrogens (tertiary/aromatic N) is 1. The largest absolute Gasteiger partial charge is 0.330 e. The summed E-state index contributed by atoms with van der Waals surface area (Å²) in [4.78, 5) is 14.2. The van der Waals surface area contributed by atoms with E-state index in [0.717, 1.165) is 25.1 Å². The summed E-state index contributed by atoms with van der Waals surface area (Å²) in [6.07, 6.45) is 2.68. The van der Waals surface area contributed by atoms with Crippen LogP contribution in [0.2, 0.25) is 0 Å². The summed E-state index contributed by atoms with van der Waals surface area (Å²) < 4.78 is 0. The number of benzene rings is 1. The van der Waals surface area contributed by atoms with Crippen molar-refractivity contribution in [1.29, 1.82) is 0 Å². The van der Waals surface area contributed by atoms with Crippen LogP contribution in [-0.2, 0) is 11.2 Å². The van der Waals surface area contributed by atoms with E-state index in [-0.39, 0.29) is 11.8 Å². The maximum atomic E-state index is 12.3. The van der Waals surface area contributed by atoms with Crippen LogP contribution in [0, 0.1) is 12.8 Å². The van der Waals surface area contributed by atoms with Gasteiger partial charge in [0.25, 0.3) is 0 Å². The Morgan fingerprint density at radius 3 is 3.00 bits per heavy atom. The third kappa shape index (κ3) is 2.72. The van der Waals surface area contributed by atoms with Crippen LogP contribution >= 0.6 is 0 Å². The van der Waals surface area contributed by atoms with Crippen LogP contribution in [0.25, 0.3) is 0 Å². The summed E-state index contributed by atoms with van der Waals surface area (Å²) in [6, 6.07) is 6.35. The molecule has 2 rings (SSSR count). The molecule has 1 aliphatic rings. The fraction of sp³-hybridized carbons (Fsp3) is 0.533. The van der Waals surface area contributed by atoms with Crippen molar-refractivity contribution in [2.24, 2.45) is 11.7 Å². The van der Waals surface area contributed by atoms with Gasteiger partial charge in [-0.1, -0.05) is 24.6 Å². The SMILES string of the molecule is Cc1ccc2c(c1)CCCN2C(=O)CC(C)CN. The van der Waals surface area contributed by atoms with Gasteiger partial charge in [-0.15, -0.1) is 0 Å². The van der Waals surface area contributed by atoms with E-state index in [4.69, 9.17) is 5.73 Å². The highest BCUT2D eigenvalue weighted by atomic mass is 16.2. The van der Waals surface area contributed by atoms with Crippen molar-refractivity contribution in [3.63, 3.8) is 0 Å². The summed E-state index contributed by atoms with van der Waals surface area (Å²) in [6.45, 7) is 5.53. The number of anilines is 1. The van der Waals surface area contributed by atoms with Crippen molar-refractivity contribution in [3.8, 4) is 0 Å². The summed E-state index contributed by atoms with van der Waals surface area (Å²) in [7, 11) is 0. The van der Waals surface area contributed by atoms with E-state index in [1.165, 1.54) is 11.1 Å². The minimum Gasteiger partial charge on any atom is -0.330 e. The predicted octanol–water partition coefficient (Wildman–Crippen LogP) is 2.26. The van der Waals surface area contributed by atoms with Gasteiger partial charge in [-0.3, -0.25) is 4.79 Å². The molecule has 0 fully saturated rings. The number of hydrogen-bond donors (Lipinski definition) is 1. The van der Waals surface area contributed by atoms with Crippen molar-refractivity contribution >= 4 is 11.6 Å². The molecule has 0 saturated heterocycles. The Hall–Kier alpha value is -1.35. The van der Waals surface area contributed by atoms with Gasteiger partial charge < -0.3 is 10.6 Å². The van der Waals surface area contributed by atoms with Gasteiger partial charge in [0.2, 0.25) is 5.91 Å². The molecule has 3 heteroatoms. The first-order valence-corrected chi connectivity index (χ1v) is 6.71. The van der Waals surface area contributed by atoms with Crippen LogP contribution in [0.1, 0.15) is 30.9 Å². The van der Waals surface area contributed by atoms with E-state index in [1.807, 2.05) is 11.8 Å². The standard InChI is InChI=1S/C15H22N2O/c1-11-5-6-14-13(8-11)4-3-7-17(14)15(18)9-12(2)10-16/h5-6,8,12H,3-4,7,9-10,16H2,1-2H3. The fourth-order valence-corrected chi connectivity index (χ4v) is 2.48. The normalized spacial score (nSPS) is 16.3. The van der Waals surface area contributed by atoms with E-state index in [2.05, 4.69) is 25.1 Å². The molecule has 0 aliphatic carbocycles. The molecule has 0 bridgehead atoms. The number of aryl methyl sites for hydroxylation is 2. The number of hydrogen-bond acceptors (Lipinski definition) is 2. The van der Waals surface area contributed by atoms with E-state index in [9.17, 15) is 4.79 Å². The lowest BCUT2D eigenvalue weighted by molar-refractivity contribution is -0.119. The van der Waals surface area contributed by atoms with Crippen molar-refractivity contribution in [2.45, 2.75) is 33.1 Å². The Kier molecular flexibility index (Phi) is 4.02. The van der Waals surface area contributed by atoms with Gasteiger partial charge in [-0.05, 0) is 43.9 Å². The lowest BCUT2D eigenvalue weighted by Crippen LogP contribution is -2.37. The molecule has 1 atom stereocenters. The molecule has 0 saturated carbocycles. The maximum Gasteiger partial charge on any atom is 0.227 e. The molecular weight excluding hydrogens is 224 g/mol. The number of fused-ring (bicyclic) bond motifs is 1. The molecule has 18 heavy (non-hydrogen) atoms. The third-order valence-electron chi connectivity index (χ3n) is 3.58. The Balaban J connectivity index is 2.19. The number of carbonyl (C=O) groups is 1. The van der Waals surface area contributed by atoms with Gasteiger partial charge in [-0.2, -0.15) is 0 Å². The number of rotatable bonds is 3. The number of carbonyl (C=O) groups excluding carboxylic acids is 1. The fourth-order valence-electron chi connectivity index (χ4n) is 2.48.